The monoisotopic (exact) mass is 440 g/mol. The van der Waals surface area contributed by atoms with Crippen molar-refractivity contribution in [2.24, 2.45) is 0 Å². The maximum Gasteiger partial charge on any atom is 0.262 e. The predicted octanol–water partition coefficient (Wildman–Crippen LogP) is 5.04. The highest BCUT2D eigenvalue weighted by Gasteiger charge is 2.21. The first kappa shape index (κ1) is 22.5. The molecule has 0 unspecified atom stereocenters. The number of hydrogen-bond donors (Lipinski definition) is 2. The SMILES string of the molecule is Cc1ccc(C(=O)N[C@H](C)c2ccc(F)cc2)cc1S(=O)(=O)Nc1cccc(C)c1C. The number of sulfonamides is 1. The summed E-state index contributed by atoms with van der Waals surface area (Å²) >= 11 is 0. The van der Waals surface area contributed by atoms with Crippen molar-refractivity contribution in [3.8, 4) is 0 Å². The molecule has 1 atom stereocenters. The van der Waals surface area contributed by atoms with E-state index in [4.69, 9.17) is 0 Å². The van der Waals surface area contributed by atoms with Crippen LogP contribution in [0.15, 0.2) is 65.6 Å². The van der Waals surface area contributed by atoms with Gasteiger partial charge < -0.3 is 5.32 Å². The fraction of sp³-hybridized carbons (Fsp3) is 0.208. The van der Waals surface area contributed by atoms with Crippen molar-refractivity contribution in [3.63, 3.8) is 0 Å². The third-order valence-corrected chi connectivity index (χ3v) is 6.81. The summed E-state index contributed by atoms with van der Waals surface area (Å²) < 4.78 is 41.9. The summed E-state index contributed by atoms with van der Waals surface area (Å²) in [6.45, 7) is 7.21. The average Bonchev–Trinajstić information content (AvgIpc) is 2.72. The molecule has 0 aliphatic heterocycles. The predicted molar refractivity (Wildman–Crippen MR) is 120 cm³/mol. The third-order valence-electron chi connectivity index (χ3n) is 5.31. The Balaban J connectivity index is 1.85. The fourth-order valence-electron chi connectivity index (χ4n) is 3.21. The van der Waals surface area contributed by atoms with Crippen LogP contribution in [0.1, 0.15) is 45.6 Å². The first-order valence-corrected chi connectivity index (χ1v) is 11.3. The Hall–Kier alpha value is -3.19. The molecular formula is C24H25FN2O3S. The van der Waals surface area contributed by atoms with Crippen molar-refractivity contribution in [1.82, 2.24) is 5.32 Å². The summed E-state index contributed by atoms with van der Waals surface area (Å²) in [7, 11) is -3.90. The zero-order valence-electron chi connectivity index (χ0n) is 17.9. The minimum absolute atomic E-state index is 0.0375. The Morgan fingerprint density at radius 1 is 0.935 bits per heavy atom. The standard InChI is InChI=1S/C24H25FN2O3S/c1-15-6-5-7-22(17(15)3)27-31(29,30)23-14-20(9-8-16(23)2)24(28)26-18(4)19-10-12-21(25)13-11-19/h5-14,18,27H,1-4H3,(H,26,28)/t18-/m1/s1. The van der Waals surface area contributed by atoms with Crippen molar-refractivity contribution < 1.29 is 17.6 Å². The van der Waals surface area contributed by atoms with E-state index in [1.807, 2.05) is 19.9 Å². The molecule has 0 saturated carbocycles. The minimum Gasteiger partial charge on any atom is -0.346 e. The van der Waals surface area contributed by atoms with E-state index in [-0.39, 0.29) is 22.3 Å². The van der Waals surface area contributed by atoms with Crippen LogP contribution in [0.4, 0.5) is 10.1 Å². The average molecular weight is 441 g/mol. The summed E-state index contributed by atoms with van der Waals surface area (Å²) in [5.74, 6) is -0.771. The highest BCUT2D eigenvalue weighted by Crippen LogP contribution is 2.25. The van der Waals surface area contributed by atoms with Crippen LogP contribution < -0.4 is 10.0 Å². The second-order valence-corrected chi connectivity index (χ2v) is 9.23. The van der Waals surface area contributed by atoms with E-state index < -0.39 is 15.9 Å². The van der Waals surface area contributed by atoms with E-state index in [2.05, 4.69) is 10.0 Å². The normalized spacial score (nSPS) is 12.3. The zero-order chi connectivity index (χ0) is 22.8. The fourth-order valence-corrected chi connectivity index (χ4v) is 4.60. The lowest BCUT2D eigenvalue weighted by Gasteiger charge is -2.16. The number of anilines is 1. The van der Waals surface area contributed by atoms with E-state index in [0.29, 0.717) is 11.3 Å². The molecule has 0 bridgehead atoms. The Morgan fingerprint density at radius 3 is 2.29 bits per heavy atom. The number of benzene rings is 3. The van der Waals surface area contributed by atoms with Gasteiger partial charge in [0, 0.05) is 5.56 Å². The Kier molecular flexibility index (Phi) is 6.45. The largest absolute Gasteiger partial charge is 0.346 e. The minimum atomic E-state index is -3.90. The van der Waals surface area contributed by atoms with E-state index in [9.17, 15) is 17.6 Å². The van der Waals surface area contributed by atoms with Crippen LogP contribution in [0, 0.1) is 26.6 Å². The molecule has 0 aromatic heterocycles. The summed E-state index contributed by atoms with van der Waals surface area (Å²) in [5, 5.41) is 2.82. The van der Waals surface area contributed by atoms with Crippen LogP contribution >= 0.6 is 0 Å². The lowest BCUT2D eigenvalue weighted by atomic mass is 10.1. The quantitative estimate of drug-likeness (QED) is 0.564. The Bertz CT molecular complexity index is 1220. The second kappa shape index (κ2) is 8.89. The maximum atomic E-state index is 13.1. The van der Waals surface area contributed by atoms with Crippen LogP contribution in [0.5, 0.6) is 0 Å². The van der Waals surface area contributed by atoms with Gasteiger partial charge in [-0.25, -0.2) is 12.8 Å². The molecule has 0 heterocycles. The van der Waals surface area contributed by atoms with Crippen molar-refractivity contribution in [3.05, 3.63) is 94.3 Å². The van der Waals surface area contributed by atoms with Crippen molar-refractivity contribution in [2.75, 3.05) is 4.72 Å². The van der Waals surface area contributed by atoms with Gasteiger partial charge in [0.1, 0.15) is 5.82 Å². The first-order valence-electron chi connectivity index (χ1n) is 9.84. The van der Waals surface area contributed by atoms with Gasteiger partial charge >= 0.3 is 0 Å². The molecule has 0 radical (unpaired) electrons. The van der Waals surface area contributed by atoms with E-state index in [0.717, 1.165) is 16.7 Å². The number of hydrogen-bond acceptors (Lipinski definition) is 3. The molecular weight excluding hydrogens is 415 g/mol. The van der Waals surface area contributed by atoms with Crippen LogP contribution in [0.25, 0.3) is 0 Å². The number of rotatable bonds is 6. The van der Waals surface area contributed by atoms with E-state index >= 15 is 0 Å². The van der Waals surface area contributed by atoms with Crippen LogP contribution in [-0.4, -0.2) is 14.3 Å². The van der Waals surface area contributed by atoms with Crippen LogP contribution in [-0.2, 0) is 10.0 Å². The molecule has 5 nitrogen and oxygen atoms in total. The summed E-state index contributed by atoms with van der Waals surface area (Å²) in [6.07, 6.45) is 0. The Labute approximate surface area is 182 Å². The molecule has 7 heteroatoms. The van der Waals surface area contributed by atoms with E-state index in [1.165, 1.54) is 18.2 Å². The molecule has 3 aromatic rings. The molecule has 3 aromatic carbocycles. The van der Waals surface area contributed by atoms with Gasteiger partial charge in [-0.05, 0) is 80.3 Å². The number of nitrogens with one attached hydrogen (secondary N) is 2. The maximum absolute atomic E-state index is 13.1. The molecule has 162 valence electrons. The van der Waals surface area contributed by atoms with Crippen LogP contribution in [0.2, 0.25) is 0 Å². The third kappa shape index (κ3) is 5.11. The van der Waals surface area contributed by atoms with Crippen molar-refractivity contribution in [1.29, 1.82) is 0 Å². The number of carbonyl (C=O) groups excluding carboxylic acids is 1. The number of amides is 1. The summed E-state index contributed by atoms with van der Waals surface area (Å²) in [4.78, 5) is 12.8. The first-order chi connectivity index (χ1) is 14.6. The number of aryl methyl sites for hydroxylation is 2. The number of carbonyl (C=O) groups is 1. The smallest absolute Gasteiger partial charge is 0.262 e. The summed E-state index contributed by atoms with van der Waals surface area (Å²) in [6, 6.07) is 15.4. The molecule has 0 aliphatic carbocycles. The lowest BCUT2D eigenvalue weighted by molar-refractivity contribution is 0.0939. The van der Waals surface area contributed by atoms with Gasteiger partial charge in [0.15, 0.2) is 0 Å². The van der Waals surface area contributed by atoms with Crippen molar-refractivity contribution >= 4 is 21.6 Å². The zero-order valence-corrected chi connectivity index (χ0v) is 18.7. The van der Waals surface area contributed by atoms with Gasteiger partial charge in [0.25, 0.3) is 15.9 Å². The highest BCUT2D eigenvalue weighted by molar-refractivity contribution is 7.92. The van der Waals surface area contributed by atoms with Gasteiger partial charge in [0.2, 0.25) is 0 Å². The molecule has 0 fully saturated rings. The van der Waals surface area contributed by atoms with Gasteiger partial charge in [-0.2, -0.15) is 0 Å². The molecule has 2 N–H and O–H groups in total. The summed E-state index contributed by atoms with van der Waals surface area (Å²) in [5.41, 5.74) is 3.80. The highest BCUT2D eigenvalue weighted by atomic mass is 32.2. The van der Waals surface area contributed by atoms with Gasteiger partial charge in [-0.1, -0.05) is 30.3 Å². The molecule has 31 heavy (non-hydrogen) atoms. The Morgan fingerprint density at radius 2 is 1.61 bits per heavy atom. The number of halogens is 1. The molecule has 1 amide bonds. The van der Waals surface area contributed by atoms with Gasteiger partial charge in [-0.3, -0.25) is 9.52 Å². The molecule has 0 spiro atoms. The molecule has 3 rings (SSSR count). The van der Waals surface area contributed by atoms with Gasteiger partial charge in [0.05, 0.1) is 16.6 Å². The molecule has 0 aliphatic rings. The molecule has 0 saturated heterocycles. The lowest BCUT2D eigenvalue weighted by Crippen LogP contribution is -2.27. The van der Waals surface area contributed by atoms with Crippen molar-refractivity contribution in [2.45, 2.75) is 38.6 Å². The topological polar surface area (TPSA) is 75.3 Å². The van der Waals surface area contributed by atoms with E-state index in [1.54, 1.807) is 50.2 Å². The van der Waals surface area contributed by atoms with Crippen LogP contribution in [0.3, 0.4) is 0 Å². The second-order valence-electron chi connectivity index (χ2n) is 7.58. The van der Waals surface area contributed by atoms with Gasteiger partial charge in [-0.15, -0.1) is 0 Å².